The molecule has 6 heteroatoms. The number of piperazine rings is 1. The summed E-state index contributed by atoms with van der Waals surface area (Å²) in [5.74, 6) is 1.47. The molecule has 1 heterocycles. The van der Waals surface area contributed by atoms with E-state index in [4.69, 9.17) is 9.47 Å². The normalized spacial score (nSPS) is 17.0. The molecule has 1 fully saturated rings. The summed E-state index contributed by atoms with van der Waals surface area (Å²) < 4.78 is 11.8. The van der Waals surface area contributed by atoms with Crippen molar-refractivity contribution in [2.45, 2.75) is 12.5 Å². The van der Waals surface area contributed by atoms with Crippen LogP contribution in [0.4, 0.5) is 0 Å². The second kappa shape index (κ2) is 10.4. The number of hydrogen-bond acceptors (Lipinski definition) is 6. The Kier molecular flexibility index (Phi) is 6.92. The van der Waals surface area contributed by atoms with Gasteiger partial charge in [-0.2, -0.15) is 0 Å². The van der Waals surface area contributed by atoms with E-state index in [0.717, 1.165) is 40.4 Å². The van der Waals surface area contributed by atoms with Gasteiger partial charge in [0.25, 0.3) is 0 Å². The minimum absolute atomic E-state index is 0.209. The number of nitrogens with zero attached hydrogens (tertiary/aromatic N) is 2. The first-order chi connectivity index (χ1) is 16.7. The number of β-amino-alcohol motifs (C(OH)–C–C–N with tert-alkyl or cyclic N) is 1. The molecule has 0 amide bonds. The lowest BCUT2D eigenvalue weighted by Crippen LogP contribution is -2.53. The lowest BCUT2D eigenvalue weighted by Gasteiger charge is -2.37. The molecule has 1 saturated heterocycles. The zero-order valence-electron chi connectivity index (χ0n) is 19.1. The van der Waals surface area contributed by atoms with Crippen LogP contribution in [0.15, 0.2) is 84.9 Å². The zero-order valence-corrected chi connectivity index (χ0v) is 19.1. The maximum Gasteiger partial charge on any atom is 0.210 e. The Hall–Kier alpha value is -3.16. The third-order valence-corrected chi connectivity index (χ3v) is 6.39. The van der Waals surface area contributed by atoms with Gasteiger partial charge in [0, 0.05) is 37.0 Å². The average molecular weight is 459 g/mol. The van der Waals surface area contributed by atoms with Crippen LogP contribution in [-0.2, 0) is 0 Å². The van der Waals surface area contributed by atoms with Crippen molar-refractivity contribution in [2.24, 2.45) is 0 Å². The topological polar surface area (TPSA) is 65.4 Å². The van der Waals surface area contributed by atoms with Gasteiger partial charge in [-0.25, -0.2) is 0 Å². The largest absolute Gasteiger partial charge is 0.489 e. The Labute approximate surface area is 199 Å². The molecule has 2 N–H and O–H groups in total. The smallest absolute Gasteiger partial charge is 0.210 e. The Balaban J connectivity index is 1.10. The van der Waals surface area contributed by atoms with Crippen LogP contribution in [0.2, 0.25) is 0 Å². The standard InChI is InChI=1S/C28H30N2O4/c31-27(20-33-25-13-5-9-21-7-1-3-11-23(21)25)30-17-15-29(16-18-30)19-28(32)34-26-14-6-10-22-8-2-4-12-24(22)26/h1-14,27-28,31-32H,15-20H2/t27-,28-/m0/s1. The summed E-state index contributed by atoms with van der Waals surface area (Å²) in [5.41, 5.74) is 0. The monoisotopic (exact) mass is 458 g/mol. The number of ether oxygens (including phenoxy) is 2. The van der Waals surface area contributed by atoms with E-state index in [1.165, 1.54) is 0 Å². The molecule has 0 radical (unpaired) electrons. The predicted octanol–water partition coefficient (Wildman–Crippen LogP) is 3.71. The Morgan fingerprint density at radius 2 is 1.24 bits per heavy atom. The fourth-order valence-corrected chi connectivity index (χ4v) is 4.54. The van der Waals surface area contributed by atoms with E-state index >= 15 is 0 Å². The first kappa shape index (κ1) is 22.6. The number of aliphatic hydroxyl groups is 2. The van der Waals surface area contributed by atoms with Gasteiger partial charge < -0.3 is 19.7 Å². The summed E-state index contributed by atoms with van der Waals surface area (Å²) in [5, 5.41) is 25.5. The van der Waals surface area contributed by atoms with Crippen molar-refractivity contribution in [1.29, 1.82) is 0 Å². The number of fused-ring (bicyclic) bond motifs is 2. The summed E-state index contributed by atoms with van der Waals surface area (Å²) in [7, 11) is 0. The summed E-state index contributed by atoms with van der Waals surface area (Å²) in [6.45, 7) is 3.49. The summed E-state index contributed by atoms with van der Waals surface area (Å²) >= 11 is 0. The van der Waals surface area contributed by atoms with Crippen LogP contribution >= 0.6 is 0 Å². The SMILES string of the molecule is O[C@H](CN1CCN([C@@H](O)COc2cccc3ccccc23)CC1)Oc1cccc2ccccc12. The van der Waals surface area contributed by atoms with Gasteiger partial charge in [-0.3, -0.25) is 9.80 Å². The van der Waals surface area contributed by atoms with Gasteiger partial charge in [-0.1, -0.05) is 72.8 Å². The van der Waals surface area contributed by atoms with Crippen LogP contribution in [0.25, 0.3) is 21.5 Å². The third-order valence-electron chi connectivity index (χ3n) is 6.39. The van der Waals surface area contributed by atoms with Crippen molar-refractivity contribution >= 4 is 21.5 Å². The van der Waals surface area contributed by atoms with Crippen molar-refractivity contribution < 1.29 is 19.7 Å². The fraction of sp³-hybridized carbons (Fsp3) is 0.286. The molecule has 2 atom stereocenters. The van der Waals surface area contributed by atoms with Gasteiger partial charge in [-0.05, 0) is 22.9 Å². The van der Waals surface area contributed by atoms with E-state index < -0.39 is 12.5 Å². The highest BCUT2D eigenvalue weighted by Crippen LogP contribution is 2.27. The Morgan fingerprint density at radius 3 is 1.91 bits per heavy atom. The summed E-state index contributed by atoms with van der Waals surface area (Å²) in [6, 6.07) is 27.9. The van der Waals surface area contributed by atoms with Crippen LogP contribution in [0.3, 0.4) is 0 Å². The van der Waals surface area contributed by atoms with E-state index in [1.807, 2.05) is 77.7 Å². The highest BCUT2D eigenvalue weighted by Gasteiger charge is 2.24. The van der Waals surface area contributed by atoms with Gasteiger partial charge in [0.05, 0.1) is 6.54 Å². The van der Waals surface area contributed by atoms with Crippen molar-refractivity contribution in [3.8, 4) is 11.5 Å². The van der Waals surface area contributed by atoms with E-state index in [-0.39, 0.29) is 6.61 Å². The molecule has 34 heavy (non-hydrogen) atoms. The highest BCUT2D eigenvalue weighted by atomic mass is 16.6. The molecule has 4 aromatic carbocycles. The summed E-state index contributed by atoms with van der Waals surface area (Å²) in [6.07, 6.45) is -1.60. The molecule has 5 rings (SSSR count). The molecular weight excluding hydrogens is 428 g/mol. The molecule has 0 unspecified atom stereocenters. The van der Waals surface area contributed by atoms with Crippen LogP contribution in [0, 0.1) is 0 Å². The highest BCUT2D eigenvalue weighted by molar-refractivity contribution is 5.88. The Morgan fingerprint density at radius 1 is 0.676 bits per heavy atom. The van der Waals surface area contributed by atoms with Gasteiger partial charge >= 0.3 is 0 Å². The molecule has 176 valence electrons. The van der Waals surface area contributed by atoms with Crippen LogP contribution in [0.1, 0.15) is 0 Å². The van der Waals surface area contributed by atoms with E-state index in [0.29, 0.717) is 25.4 Å². The van der Waals surface area contributed by atoms with Crippen LogP contribution < -0.4 is 9.47 Å². The Bertz CT molecular complexity index is 1230. The molecule has 0 aromatic heterocycles. The maximum atomic E-state index is 10.7. The number of benzene rings is 4. The molecule has 0 bridgehead atoms. The predicted molar refractivity (Wildman–Crippen MR) is 134 cm³/mol. The van der Waals surface area contributed by atoms with Crippen molar-refractivity contribution in [3.05, 3.63) is 84.9 Å². The number of rotatable bonds is 8. The third kappa shape index (κ3) is 5.16. The van der Waals surface area contributed by atoms with Crippen molar-refractivity contribution in [3.63, 3.8) is 0 Å². The fourth-order valence-electron chi connectivity index (χ4n) is 4.54. The minimum Gasteiger partial charge on any atom is -0.489 e. The van der Waals surface area contributed by atoms with Crippen molar-refractivity contribution in [2.75, 3.05) is 39.3 Å². The van der Waals surface area contributed by atoms with Crippen LogP contribution in [0.5, 0.6) is 11.5 Å². The van der Waals surface area contributed by atoms with Gasteiger partial charge in [-0.15, -0.1) is 0 Å². The van der Waals surface area contributed by atoms with Gasteiger partial charge in [0.15, 0.2) is 0 Å². The molecule has 4 aromatic rings. The van der Waals surface area contributed by atoms with Gasteiger partial charge in [0.1, 0.15) is 24.3 Å². The zero-order chi connectivity index (χ0) is 23.3. The molecule has 0 spiro atoms. The molecule has 0 aliphatic carbocycles. The average Bonchev–Trinajstić information content (AvgIpc) is 2.88. The maximum absolute atomic E-state index is 10.7. The van der Waals surface area contributed by atoms with E-state index in [2.05, 4.69) is 17.0 Å². The quantitative estimate of drug-likeness (QED) is 0.393. The summed E-state index contributed by atoms with van der Waals surface area (Å²) in [4.78, 5) is 4.17. The molecule has 1 aliphatic heterocycles. The molecule has 0 saturated carbocycles. The second-order valence-corrected chi connectivity index (χ2v) is 8.66. The molecule has 6 nitrogen and oxygen atoms in total. The van der Waals surface area contributed by atoms with Gasteiger partial charge in [0.2, 0.25) is 6.29 Å². The van der Waals surface area contributed by atoms with E-state index in [9.17, 15) is 10.2 Å². The minimum atomic E-state index is -0.919. The first-order valence-electron chi connectivity index (χ1n) is 11.7. The lowest BCUT2D eigenvalue weighted by molar-refractivity contribution is -0.0740. The lowest BCUT2D eigenvalue weighted by atomic mass is 10.1. The first-order valence-corrected chi connectivity index (χ1v) is 11.7. The number of aliphatic hydroxyl groups excluding tert-OH is 2. The molecule has 1 aliphatic rings. The second-order valence-electron chi connectivity index (χ2n) is 8.66. The number of hydrogen-bond donors (Lipinski definition) is 2. The van der Waals surface area contributed by atoms with Crippen molar-refractivity contribution in [1.82, 2.24) is 9.80 Å². The molecular formula is C28H30N2O4. The van der Waals surface area contributed by atoms with E-state index in [1.54, 1.807) is 0 Å². The van der Waals surface area contributed by atoms with Crippen LogP contribution in [-0.4, -0.2) is 71.9 Å².